The van der Waals surface area contributed by atoms with Gasteiger partial charge in [-0.3, -0.25) is 4.98 Å². The van der Waals surface area contributed by atoms with Gasteiger partial charge >= 0.3 is 0 Å². The Kier molecular flexibility index (Phi) is 3.10. The third-order valence-electron chi connectivity index (χ3n) is 3.39. The number of nitrogens with zero attached hydrogens (tertiary/aromatic N) is 1. The van der Waals surface area contributed by atoms with E-state index in [1.165, 1.54) is 19.3 Å². The van der Waals surface area contributed by atoms with E-state index in [4.69, 9.17) is 18.0 Å². The van der Waals surface area contributed by atoms with Gasteiger partial charge in [0.1, 0.15) is 4.99 Å². The summed E-state index contributed by atoms with van der Waals surface area (Å²) < 4.78 is 0. The van der Waals surface area contributed by atoms with Crippen LogP contribution in [-0.4, -0.2) is 16.5 Å². The molecule has 1 aromatic heterocycles. The molecule has 0 amide bonds. The molecule has 0 spiro atoms. The summed E-state index contributed by atoms with van der Waals surface area (Å²) >= 11 is 4.85. The molecular weight excluding hydrogens is 218 g/mol. The minimum atomic E-state index is 0.346. The van der Waals surface area contributed by atoms with Crippen LogP contribution in [0.5, 0.6) is 0 Å². The molecule has 0 unspecified atom stereocenters. The van der Waals surface area contributed by atoms with Gasteiger partial charge in [0.25, 0.3) is 0 Å². The zero-order chi connectivity index (χ0) is 11.6. The van der Waals surface area contributed by atoms with Gasteiger partial charge in [-0.15, -0.1) is 0 Å². The second-order valence-corrected chi connectivity index (χ2v) is 4.94. The van der Waals surface area contributed by atoms with Crippen LogP contribution in [0.3, 0.4) is 0 Å². The summed E-state index contributed by atoms with van der Waals surface area (Å²) in [5.74, 6) is 0. The number of pyridine rings is 1. The standard InChI is InChI=1S/C12H17N3S/c1-2-12(5-6-12)8-15-9-3-4-10(11(13)16)14-7-9/h3-4,7,15H,2,5-6,8H2,1H3,(H2,13,16). The van der Waals surface area contributed by atoms with Crippen molar-refractivity contribution >= 4 is 22.9 Å². The average molecular weight is 235 g/mol. The Morgan fingerprint density at radius 2 is 2.31 bits per heavy atom. The van der Waals surface area contributed by atoms with E-state index in [9.17, 15) is 0 Å². The number of rotatable bonds is 5. The molecule has 0 saturated heterocycles. The summed E-state index contributed by atoms with van der Waals surface area (Å²) in [7, 11) is 0. The molecule has 0 atom stereocenters. The lowest BCUT2D eigenvalue weighted by atomic mass is 10.0. The Morgan fingerprint density at radius 1 is 1.56 bits per heavy atom. The van der Waals surface area contributed by atoms with Crippen LogP contribution < -0.4 is 11.1 Å². The molecule has 3 N–H and O–H groups in total. The maximum atomic E-state index is 5.49. The van der Waals surface area contributed by atoms with Gasteiger partial charge in [-0.25, -0.2) is 0 Å². The zero-order valence-corrected chi connectivity index (χ0v) is 10.3. The van der Waals surface area contributed by atoms with Crippen LogP contribution in [-0.2, 0) is 0 Å². The fourth-order valence-electron chi connectivity index (χ4n) is 1.77. The molecule has 0 radical (unpaired) electrons. The van der Waals surface area contributed by atoms with E-state index in [0.717, 1.165) is 12.2 Å². The predicted molar refractivity (Wildman–Crippen MR) is 70.6 cm³/mol. The highest BCUT2D eigenvalue weighted by Crippen LogP contribution is 2.48. The van der Waals surface area contributed by atoms with Crippen LogP contribution in [0.2, 0.25) is 0 Å². The summed E-state index contributed by atoms with van der Waals surface area (Å²) in [5, 5.41) is 3.42. The summed E-state index contributed by atoms with van der Waals surface area (Å²) in [5.41, 5.74) is 7.75. The van der Waals surface area contributed by atoms with E-state index in [0.29, 0.717) is 16.1 Å². The third-order valence-corrected chi connectivity index (χ3v) is 3.60. The van der Waals surface area contributed by atoms with Crippen LogP contribution in [0, 0.1) is 5.41 Å². The maximum Gasteiger partial charge on any atom is 0.122 e. The first kappa shape index (κ1) is 11.3. The van der Waals surface area contributed by atoms with E-state index >= 15 is 0 Å². The largest absolute Gasteiger partial charge is 0.388 e. The lowest BCUT2D eigenvalue weighted by Gasteiger charge is -2.14. The van der Waals surface area contributed by atoms with Gasteiger partial charge in [0, 0.05) is 6.54 Å². The molecule has 0 aliphatic heterocycles. The zero-order valence-electron chi connectivity index (χ0n) is 9.49. The molecular formula is C12H17N3S. The average Bonchev–Trinajstić information content (AvgIpc) is 3.08. The van der Waals surface area contributed by atoms with Crippen molar-refractivity contribution in [1.29, 1.82) is 0 Å². The molecule has 1 saturated carbocycles. The Hall–Kier alpha value is -1.16. The predicted octanol–water partition coefficient (Wildman–Crippen LogP) is 2.32. The quantitative estimate of drug-likeness (QED) is 0.769. The molecule has 86 valence electrons. The first-order chi connectivity index (χ1) is 7.65. The highest BCUT2D eigenvalue weighted by atomic mass is 32.1. The fourth-order valence-corrected chi connectivity index (χ4v) is 1.89. The molecule has 1 aliphatic rings. The van der Waals surface area contributed by atoms with Gasteiger partial charge in [0.2, 0.25) is 0 Å². The SMILES string of the molecule is CCC1(CNc2ccc(C(N)=S)nc2)CC1. The minimum absolute atomic E-state index is 0.346. The molecule has 1 fully saturated rings. The smallest absolute Gasteiger partial charge is 0.122 e. The molecule has 1 aromatic rings. The van der Waals surface area contributed by atoms with Crippen molar-refractivity contribution in [1.82, 2.24) is 4.98 Å². The number of nitrogens with one attached hydrogen (secondary N) is 1. The monoisotopic (exact) mass is 235 g/mol. The van der Waals surface area contributed by atoms with Gasteiger partial charge in [0.15, 0.2) is 0 Å². The third kappa shape index (κ3) is 2.50. The van der Waals surface area contributed by atoms with Crippen molar-refractivity contribution in [3.63, 3.8) is 0 Å². The second kappa shape index (κ2) is 4.37. The Bertz CT molecular complexity index is 382. The van der Waals surface area contributed by atoms with Gasteiger partial charge in [-0.05, 0) is 36.8 Å². The van der Waals surface area contributed by atoms with Crippen LogP contribution in [0.1, 0.15) is 31.9 Å². The Labute approximate surface area is 101 Å². The van der Waals surface area contributed by atoms with E-state index < -0.39 is 0 Å². The van der Waals surface area contributed by atoms with E-state index in [2.05, 4.69) is 17.2 Å². The minimum Gasteiger partial charge on any atom is -0.388 e. The molecule has 3 nitrogen and oxygen atoms in total. The van der Waals surface area contributed by atoms with Crippen molar-refractivity contribution in [2.75, 3.05) is 11.9 Å². The van der Waals surface area contributed by atoms with Crippen molar-refractivity contribution in [2.24, 2.45) is 11.1 Å². The molecule has 1 heterocycles. The van der Waals surface area contributed by atoms with Crippen LogP contribution in [0.15, 0.2) is 18.3 Å². The lowest BCUT2D eigenvalue weighted by Crippen LogP contribution is -2.15. The Balaban J connectivity index is 1.93. The van der Waals surface area contributed by atoms with Crippen LogP contribution >= 0.6 is 12.2 Å². The number of anilines is 1. The van der Waals surface area contributed by atoms with Crippen molar-refractivity contribution in [3.05, 3.63) is 24.0 Å². The van der Waals surface area contributed by atoms with Gasteiger partial charge in [-0.1, -0.05) is 19.1 Å². The maximum absolute atomic E-state index is 5.49. The van der Waals surface area contributed by atoms with Crippen LogP contribution in [0.4, 0.5) is 5.69 Å². The van der Waals surface area contributed by atoms with Gasteiger partial charge < -0.3 is 11.1 Å². The number of thiocarbonyl (C=S) groups is 1. The summed E-state index contributed by atoms with van der Waals surface area (Å²) in [6, 6.07) is 3.84. The molecule has 0 bridgehead atoms. The Morgan fingerprint density at radius 3 is 2.75 bits per heavy atom. The van der Waals surface area contributed by atoms with Gasteiger partial charge in [-0.2, -0.15) is 0 Å². The number of nitrogens with two attached hydrogens (primary N) is 1. The molecule has 2 rings (SSSR count). The number of hydrogen-bond acceptors (Lipinski definition) is 3. The molecule has 16 heavy (non-hydrogen) atoms. The second-order valence-electron chi connectivity index (χ2n) is 4.50. The van der Waals surface area contributed by atoms with Gasteiger partial charge in [0.05, 0.1) is 17.6 Å². The van der Waals surface area contributed by atoms with E-state index in [-0.39, 0.29) is 0 Å². The highest BCUT2D eigenvalue weighted by molar-refractivity contribution is 7.80. The first-order valence-corrected chi connectivity index (χ1v) is 6.06. The van der Waals surface area contributed by atoms with Crippen molar-refractivity contribution in [3.8, 4) is 0 Å². The topological polar surface area (TPSA) is 50.9 Å². The van der Waals surface area contributed by atoms with Crippen molar-refractivity contribution in [2.45, 2.75) is 26.2 Å². The number of aromatic nitrogens is 1. The molecule has 0 aromatic carbocycles. The van der Waals surface area contributed by atoms with Crippen LogP contribution in [0.25, 0.3) is 0 Å². The van der Waals surface area contributed by atoms with E-state index in [1.807, 2.05) is 12.1 Å². The van der Waals surface area contributed by atoms with Crippen molar-refractivity contribution < 1.29 is 0 Å². The normalized spacial score (nSPS) is 16.8. The number of hydrogen-bond donors (Lipinski definition) is 2. The fraction of sp³-hybridized carbons (Fsp3) is 0.500. The van der Waals surface area contributed by atoms with E-state index in [1.54, 1.807) is 6.20 Å². The summed E-state index contributed by atoms with van der Waals surface area (Å²) in [4.78, 5) is 4.54. The highest BCUT2D eigenvalue weighted by Gasteiger charge is 2.40. The molecule has 4 heteroatoms. The first-order valence-electron chi connectivity index (χ1n) is 5.65. The molecule has 1 aliphatic carbocycles. The summed E-state index contributed by atoms with van der Waals surface area (Å²) in [6.07, 6.45) is 5.72. The lowest BCUT2D eigenvalue weighted by molar-refractivity contribution is 0.521. The summed E-state index contributed by atoms with van der Waals surface area (Å²) in [6.45, 7) is 3.29.